The van der Waals surface area contributed by atoms with Gasteiger partial charge in [-0.05, 0) is 24.6 Å². The van der Waals surface area contributed by atoms with Crippen molar-refractivity contribution in [2.75, 3.05) is 4.90 Å². The van der Waals surface area contributed by atoms with Crippen LogP contribution in [0.4, 0.5) is 5.69 Å². The van der Waals surface area contributed by atoms with Gasteiger partial charge in [0.2, 0.25) is 5.91 Å². The van der Waals surface area contributed by atoms with E-state index < -0.39 is 5.25 Å². The Hall–Kier alpha value is -2.07. The molecule has 2 aromatic rings. The van der Waals surface area contributed by atoms with Gasteiger partial charge in [-0.3, -0.25) is 9.59 Å². The van der Waals surface area contributed by atoms with Crippen LogP contribution < -0.4 is 4.90 Å². The zero-order valence-electron chi connectivity index (χ0n) is 11.7. The van der Waals surface area contributed by atoms with Crippen molar-refractivity contribution in [1.29, 1.82) is 0 Å². The van der Waals surface area contributed by atoms with Gasteiger partial charge in [0.05, 0.1) is 12.2 Å². The number of hydrogen-bond donors (Lipinski definition) is 0. The molecule has 0 spiro atoms. The summed E-state index contributed by atoms with van der Waals surface area (Å²) >= 11 is 1.35. The number of carbonyl (C=O) groups excluding carboxylic acids is 2. The molecule has 0 bridgehead atoms. The van der Waals surface area contributed by atoms with Gasteiger partial charge in [0.15, 0.2) is 5.78 Å². The summed E-state index contributed by atoms with van der Waals surface area (Å²) < 4.78 is 0. The molecule has 0 N–H and O–H groups in total. The third kappa shape index (κ3) is 2.72. The molecule has 1 aliphatic rings. The van der Waals surface area contributed by atoms with Crippen LogP contribution in [-0.4, -0.2) is 16.9 Å². The number of carbonyl (C=O) groups is 2. The molecule has 4 heteroatoms. The summed E-state index contributed by atoms with van der Waals surface area (Å²) in [6.45, 7) is 1.96. The summed E-state index contributed by atoms with van der Waals surface area (Å²) in [6, 6.07) is 17.6. The molecule has 2 aromatic carbocycles. The molecule has 0 saturated carbocycles. The molecular weight excluding hydrogens is 282 g/mol. The van der Waals surface area contributed by atoms with E-state index in [1.807, 2.05) is 54.6 Å². The van der Waals surface area contributed by atoms with Gasteiger partial charge >= 0.3 is 0 Å². The zero-order chi connectivity index (χ0) is 14.8. The maximum atomic E-state index is 12.6. The van der Waals surface area contributed by atoms with E-state index in [0.29, 0.717) is 6.54 Å². The van der Waals surface area contributed by atoms with E-state index in [0.717, 1.165) is 16.1 Å². The Bertz CT molecular complexity index is 684. The van der Waals surface area contributed by atoms with Gasteiger partial charge in [-0.1, -0.05) is 42.5 Å². The Morgan fingerprint density at radius 1 is 1.10 bits per heavy atom. The first-order valence-electron chi connectivity index (χ1n) is 6.78. The number of amides is 1. The first kappa shape index (κ1) is 13.9. The van der Waals surface area contributed by atoms with E-state index in [1.54, 1.807) is 4.90 Å². The van der Waals surface area contributed by atoms with Crippen LogP contribution in [0, 0.1) is 0 Å². The molecule has 0 aliphatic carbocycles. The first-order chi connectivity index (χ1) is 10.2. The summed E-state index contributed by atoms with van der Waals surface area (Å²) in [7, 11) is 0. The fourth-order valence-corrected chi connectivity index (χ4v) is 3.51. The molecule has 0 radical (unpaired) electrons. The summed E-state index contributed by atoms with van der Waals surface area (Å²) in [6.07, 6.45) is 0. The van der Waals surface area contributed by atoms with Crippen molar-refractivity contribution < 1.29 is 9.59 Å². The molecule has 1 aliphatic heterocycles. The van der Waals surface area contributed by atoms with E-state index in [9.17, 15) is 9.59 Å². The van der Waals surface area contributed by atoms with Gasteiger partial charge in [-0.15, -0.1) is 11.8 Å². The predicted octanol–water partition coefficient (Wildman–Crippen LogP) is 3.28. The van der Waals surface area contributed by atoms with E-state index in [2.05, 4.69) is 0 Å². The summed E-state index contributed by atoms with van der Waals surface area (Å²) in [5, 5.41) is -0.636. The predicted molar refractivity (Wildman–Crippen MR) is 84.4 cm³/mol. The number of fused-ring (bicyclic) bond motifs is 1. The number of anilines is 1. The minimum Gasteiger partial charge on any atom is -0.306 e. The highest BCUT2D eigenvalue weighted by Gasteiger charge is 2.36. The average molecular weight is 297 g/mol. The second kappa shape index (κ2) is 5.74. The number of ketones is 1. The van der Waals surface area contributed by atoms with Gasteiger partial charge in [0, 0.05) is 4.90 Å². The topological polar surface area (TPSA) is 37.4 Å². The minimum atomic E-state index is -0.636. The van der Waals surface area contributed by atoms with Gasteiger partial charge < -0.3 is 4.90 Å². The number of Topliss-reactive ketones (excluding diaryl/α,β-unsaturated/α-hetero) is 1. The van der Waals surface area contributed by atoms with E-state index in [4.69, 9.17) is 0 Å². The van der Waals surface area contributed by atoms with E-state index >= 15 is 0 Å². The lowest BCUT2D eigenvalue weighted by Crippen LogP contribution is -2.43. The Kier molecular flexibility index (Phi) is 3.80. The van der Waals surface area contributed by atoms with Crippen molar-refractivity contribution in [3.8, 4) is 0 Å². The van der Waals surface area contributed by atoms with Crippen LogP contribution in [0.15, 0.2) is 59.5 Å². The monoisotopic (exact) mass is 297 g/mol. The van der Waals surface area contributed by atoms with E-state index in [-0.39, 0.29) is 11.7 Å². The van der Waals surface area contributed by atoms with Gasteiger partial charge in [0.1, 0.15) is 5.25 Å². The minimum absolute atomic E-state index is 0.0995. The van der Waals surface area contributed by atoms with Crippen LogP contribution in [0.1, 0.15) is 12.5 Å². The zero-order valence-corrected chi connectivity index (χ0v) is 12.5. The van der Waals surface area contributed by atoms with Crippen molar-refractivity contribution in [1.82, 2.24) is 0 Å². The summed E-state index contributed by atoms with van der Waals surface area (Å²) in [4.78, 5) is 27.1. The quantitative estimate of drug-likeness (QED) is 0.816. The molecule has 0 fully saturated rings. The maximum Gasteiger partial charge on any atom is 0.248 e. The number of para-hydroxylation sites is 1. The lowest BCUT2D eigenvalue weighted by molar-refractivity contribution is -0.125. The first-order valence-corrected chi connectivity index (χ1v) is 7.66. The van der Waals surface area contributed by atoms with Crippen molar-refractivity contribution >= 4 is 29.1 Å². The molecule has 1 unspecified atom stereocenters. The normalized spacial score (nSPS) is 17.5. The lowest BCUT2D eigenvalue weighted by Gasteiger charge is -2.32. The number of hydrogen-bond acceptors (Lipinski definition) is 3. The molecule has 0 aromatic heterocycles. The molecule has 1 atom stereocenters. The lowest BCUT2D eigenvalue weighted by atomic mass is 10.1. The molecule has 106 valence electrons. The number of nitrogens with zero attached hydrogens (tertiary/aromatic N) is 1. The second-order valence-corrected chi connectivity index (χ2v) is 6.13. The average Bonchev–Trinajstić information content (AvgIpc) is 2.50. The highest BCUT2D eigenvalue weighted by atomic mass is 32.2. The molecule has 1 heterocycles. The van der Waals surface area contributed by atoms with E-state index in [1.165, 1.54) is 18.7 Å². The summed E-state index contributed by atoms with van der Waals surface area (Å²) in [5.41, 5.74) is 1.93. The molecule has 21 heavy (non-hydrogen) atoms. The SMILES string of the molecule is CC(=O)C1Sc2ccccc2N(Cc2ccccc2)C1=O. The number of rotatable bonds is 3. The third-order valence-electron chi connectivity index (χ3n) is 3.44. The molecule has 3 nitrogen and oxygen atoms in total. The van der Waals surface area contributed by atoms with Crippen LogP contribution in [-0.2, 0) is 16.1 Å². The highest BCUT2D eigenvalue weighted by Crippen LogP contribution is 2.39. The Morgan fingerprint density at radius 3 is 2.48 bits per heavy atom. The van der Waals surface area contributed by atoms with Crippen molar-refractivity contribution in [3.05, 3.63) is 60.2 Å². The summed E-state index contributed by atoms with van der Waals surface area (Å²) in [5.74, 6) is -0.229. The van der Waals surface area contributed by atoms with Gasteiger partial charge in [-0.2, -0.15) is 0 Å². The highest BCUT2D eigenvalue weighted by molar-refractivity contribution is 8.01. The van der Waals surface area contributed by atoms with Crippen LogP contribution in [0.2, 0.25) is 0 Å². The fraction of sp³-hybridized carbons (Fsp3) is 0.176. The van der Waals surface area contributed by atoms with Crippen LogP contribution in [0.5, 0.6) is 0 Å². The second-order valence-electron chi connectivity index (χ2n) is 4.99. The van der Waals surface area contributed by atoms with Gasteiger partial charge in [0.25, 0.3) is 0 Å². The largest absolute Gasteiger partial charge is 0.306 e. The van der Waals surface area contributed by atoms with Crippen LogP contribution >= 0.6 is 11.8 Å². The van der Waals surface area contributed by atoms with Gasteiger partial charge in [-0.25, -0.2) is 0 Å². The Morgan fingerprint density at radius 2 is 1.76 bits per heavy atom. The molecule has 0 saturated heterocycles. The molecule has 3 rings (SSSR count). The standard InChI is InChI=1S/C17H15NO2S/c1-12(19)16-17(20)18(11-13-7-3-2-4-8-13)14-9-5-6-10-15(14)21-16/h2-10,16H,11H2,1H3. The van der Waals surface area contributed by atoms with Crippen LogP contribution in [0.3, 0.4) is 0 Å². The van der Waals surface area contributed by atoms with Crippen LogP contribution in [0.25, 0.3) is 0 Å². The number of benzene rings is 2. The smallest absolute Gasteiger partial charge is 0.248 e. The van der Waals surface area contributed by atoms with Crippen molar-refractivity contribution in [3.63, 3.8) is 0 Å². The Labute approximate surface area is 128 Å². The number of thioether (sulfide) groups is 1. The molecule has 1 amide bonds. The van der Waals surface area contributed by atoms with Crippen molar-refractivity contribution in [2.24, 2.45) is 0 Å². The molecular formula is C17H15NO2S. The maximum absolute atomic E-state index is 12.6. The third-order valence-corrected chi connectivity index (χ3v) is 4.81. The fourth-order valence-electron chi connectivity index (χ4n) is 2.40. The van der Waals surface area contributed by atoms with Crippen molar-refractivity contribution in [2.45, 2.75) is 23.6 Å². The Balaban J connectivity index is 2.00.